The summed E-state index contributed by atoms with van der Waals surface area (Å²) in [6.45, 7) is 0. The average Bonchev–Trinajstić information content (AvgIpc) is 2.50. The summed E-state index contributed by atoms with van der Waals surface area (Å²) < 4.78 is 12.7. The third-order valence-corrected chi connectivity index (χ3v) is 3.15. The first-order chi connectivity index (χ1) is 10.5. The van der Waals surface area contributed by atoms with Crippen molar-refractivity contribution in [3.63, 3.8) is 0 Å². The number of benzene rings is 2. The Balaban J connectivity index is 1.76. The first kappa shape index (κ1) is 16.0. The van der Waals surface area contributed by atoms with Gasteiger partial charge in [0.1, 0.15) is 5.82 Å². The van der Waals surface area contributed by atoms with Crippen molar-refractivity contribution in [3.05, 3.63) is 70.5 Å². The van der Waals surface area contributed by atoms with Gasteiger partial charge >= 0.3 is 0 Å². The van der Waals surface area contributed by atoms with Gasteiger partial charge in [-0.2, -0.15) is 0 Å². The van der Waals surface area contributed by atoms with Crippen molar-refractivity contribution in [2.24, 2.45) is 0 Å². The Labute approximate surface area is 132 Å². The van der Waals surface area contributed by atoms with Crippen molar-refractivity contribution >= 4 is 23.4 Å². The molecule has 0 unspecified atom stereocenters. The Morgan fingerprint density at radius 2 is 1.23 bits per heavy atom. The number of amides is 2. The van der Waals surface area contributed by atoms with Crippen LogP contribution in [0.3, 0.4) is 0 Å². The molecule has 0 bridgehead atoms. The molecule has 6 heteroatoms. The molecule has 4 nitrogen and oxygen atoms in total. The molecule has 0 saturated carbocycles. The van der Waals surface area contributed by atoms with Crippen LogP contribution < -0.4 is 10.9 Å². The van der Waals surface area contributed by atoms with Gasteiger partial charge in [0, 0.05) is 5.02 Å². The lowest BCUT2D eigenvalue weighted by atomic mass is 10.1. The van der Waals surface area contributed by atoms with Gasteiger partial charge in [0.05, 0.1) is 12.8 Å². The highest BCUT2D eigenvalue weighted by Crippen LogP contribution is 2.09. The molecule has 22 heavy (non-hydrogen) atoms. The quantitative estimate of drug-likeness (QED) is 0.850. The lowest BCUT2D eigenvalue weighted by Crippen LogP contribution is -2.43. The van der Waals surface area contributed by atoms with Gasteiger partial charge in [-0.15, -0.1) is 0 Å². The maximum Gasteiger partial charge on any atom is 0.242 e. The molecule has 0 fully saturated rings. The predicted octanol–water partition coefficient (Wildman–Crippen LogP) is 2.41. The zero-order chi connectivity index (χ0) is 15.9. The largest absolute Gasteiger partial charge is 0.273 e. The van der Waals surface area contributed by atoms with E-state index in [1.165, 1.54) is 24.3 Å². The van der Waals surface area contributed by atoms with Crippen molar-refractivity contribution in [3.8, 4) is 0 Å². The molecule has 0 aliphatic carbocycles. The van der Waals surface area contributed by atoms with Crippen LogP contribution in [0.25, 0.3) is 0 Å². The highest BCUT2D eigenvalue weighted by molar-refractivity contribution is 6.30. The molecule has 2 N–H and O–H groups in total. The summed E-state index contributed by atoms with van der Waals surface area (Å²) in [7, 11) is 0. The first-order valence-electron chi connectivity index (χ1n) is 6.59. The minimum absolute atomic E-state index is 0.0570. The zero-order valence-electron chi connectivity index (χ0n) is 11.6. The van der Waals surface area contributed by atoms with E-state index in [-0.39, 0.29) is 30.5 Å². The average molecular weight is 321 g/mol. The Morgan fingerprint density at radius 1 is 0.818 bits per heavy atom. The third kappa shape index (κ3) is 5.18. The van der Waals surface area contributed by atoms with Gasteiger partial charge in [0.15, 0.2) is 0 Å². The number of carbonyl (C=O) groups is 2. The van der Waals surface area contributed by atoms with Crippen LogP contribution in [-0.4, -0.2) is 11.8 Å². The molecule has 2 amide bonds. The summed E-state index contributed by atoms with van der Waals surface area (Å²) in [6, 6.07) is 12.5. The van der Waals surface area contributed by atoms with E-state index < -0.39 is 0 Å². The number of hydrazine groups is 1. The van der Waals surface area contributed by atoms with Crippen LogP contribution in [0.2, 0.25) is 5.02 Å². The van der Waals surface area contributed by atoms with E-state index in [0.717, 1.165) is 5.56 Å². The zero-order valence-corrected chi connectivity index (χ0v) is 12.4. The highest BCUT2D eigenvalue weighted by Gasteiger charge is 2.07. The fourth-order valence-corrected chi connectivity index (χ4v) is 1.93. The standard InChI is InChI=1S/C16H14ClFN2O2/c17-13-5-1-11(2-6-13)9-15(21)19-20-16(22)10-12-3-7-14(18)8-4-12/h1-8H,9-10H2,(H,19,21)(H,20,22). The topological polar surface area (TPSA) is 58.2 Å². The molecule has 0 aliphatic rings. The molecular weight excluding hydrogens is 307 g/mol. The van der Waals surface area contributed by atoms with Gasteiger partial charge < -0.3 is 0 Å². The summed E-state index contributed by atoms with van der Waals surface area (Å²) in [5.41, 5.74) is 6.10. The number of halogens is 2. The van der Waals surface area contributed by atoms with E-state index >= 15 is 0 Å². The molecule has 2 aromatic rings. The minimum atomic E-state index is -0.379. The number of hydrogen-bond donors (Lipinski definition) is 2. The van der Waals surface area contributed by atoms with Gasteiger partial charge in [-0.25, -0.2) is 4.39 Å². The minimum Gasteiger partial charge on any atom is -0.273 e. The van der Waals surface area contributed by atoms with Gasteiger partial charge in [-0.3, -0.25) is 20.4 Å². The van der Waals surface area contributed by atoms with Crippen molar-refractivity contribution < 1.29 is 14.0 Å². The Kier molecular flexibility index (Phi) is 5.49. The van der Waals surface area contributed by atoms with Crippen molar-refractivity contribution in [1.29, 1.82) is 0 Å². The monoisotopic (exact) mass is 320 g/mol. The van der Waals surface area contributed by atoms with Gasteiger partial charge in [0.25, 0.3) is 0 Å². The van der Waals surface area contributed by atoms with Crippen LogP contribution in [0.5, 0.6) is 0 Å². The second kappa shape index (κ2) is 7.56. The second-order valence-corrected chi connectivity index (χ2v) is 5.14. The highest BCUT2D eigenvalue weighted by atomic mass is 35.5. The van der Waals surface area contributed by atoms with Crippen molar-refractivity contribution in [2.75, 3.05) is 0 Å². The summed E-state index contributed by atoms with van der Waals surface area (Å²) in [6.07, 6.45) is 0.190. The third-order valence-electron chi connectivity index (χ3n) is 2.90. The van der Waals surface area contributed by atoms with E-state index in [1.54, 1.807) is 24.3 Å². The van der Waals surface area contributed by atoms with E-state index in [2.05, 4.69) is 10.9 Å². The van der Waals surface area contributed by atoms with Crippen molar-refractivity contribution in [2.45, 2.75) is 12.8 Å². The van der Waals surface area contributed by atoms with Crippen LogP contribution in [-0.2, 0) is 22.4 Å². The van der Waals surface area contributed by atoms with E-state index in [4.69, 9.17) is 11.6 Å². The smallest absolute Gasteiger partial charge is 0.242 e. The van der Waals surface area contributed by atoms with Gasteiger partial charge in [0.2, 0.25) is 11.8 Å². The molecule has 0 aliphatic heterocycles. The van der Waals surface area contributed by atoms with Crippen LogP contribution in [0.1, 0.15) is 11.1 Å². The molecule has 114 valence electrons. The fraction of sp³-hybridized carbons (Fsp3) is 0.125. The molecule has 2 aromatic carbocycles. The molecule has 0 heterocycles. The Bertz CT molecular complexity index is 597. The van der Waals surface area contributed by atoms with E-state index in [0.29, 0.717) is 10.6 Å². The number of hydrogen-bond acceptors (Lipinski definition) is 2. The van der Waals surface area contributed by atoms with Crippen molar-refractivity contribution in [1.82, 2.24) is 10.9 Å². The predicted molar refractivity (Wildman–Crippen MR) is 81.5 cm³/mol. The summed E-state index contributed by atoms with van der Waals surface area (Å²) in [5.74, 6) is -1.08. The summed E-state index contributed by atoms with van der Waals surface area (Å²) in [4.78, 5) is 23.4. The molecule has 0 spiro atoms. The van der Waals surface area contributed by atoms with E-state index in [1.807, 2.05) is 0 Å². The normalized spacial score (nSPS) is 10.1. The van der Waals surface area contributed by atoms with E-state index in [9.17, 15) is 14.0 Å². The number of rotatable bonds is 4. The molecule has 0 radical (unpaired) electrons. The molecule has 0 saturated heterocycles. The maximum atomic E-state index is 12.7. The summed E-state index contributed by atoms with van der Waals surface area (Å²) in [5, 5.41) is 0.594. The molecule has 0 aromatic heterocycles. The van der Waals surface area contributed by atoms with Gasteiger partial charge in [-0.05, 0) is 35.4 Å². The fourth-order valence-electron chi connectivity index (χ4n) is 1.80. The SMILES string of the molecule is O=C(Cc1ccc(F)cc1)NNC(=O)Cc1ccc(Cl)cc1. The van der Waals surface area contributed by atoms with Gasteiger partial charge in [-0.1, -0.05) is 35.9 Å². The van der Waals surface area contributed by atoms with Crippen LogP contribution in [0, 0.1) is 5.82 Å². The number of carbonyl (C=O) groups excluding carboxylic acids is 2. The summed E-state index contributed by atoms with van der Waals surface area (Å²) >= 11 is 5.76. The van der Waals surface area contributed by atoms with Crippen LogP contribution >= 0.6 is 11.6 Å². The molecular formula is C16H14ClFN2O2. The molecule has 2 rings (SSSR count). The lowest BCUT2D eigenvalue weighted by Gasteiger charge is -2.07. The van der Waals surface area contributed by atoms with Crippen LogP contribution in [0.15, 0.2) is 48.5 Å². The lowest BCUT2D eigenvalue weighted by molar-refractivity contribution is -0.128. The Morgan fingerprint density at radius 3 is 1.68 bits per heavy atom. The maximum absolute atomic E-state index is 12.7. The molecule has 0 atom stereocenters. The Hall–Kier alpha value is -2.40. The van der Waals surface area contributed by atoms with Crippen LogP contribution in [0.4, 0.5) is 4.39 Å². The second-order valence-electron chi connectivity index (χ2n) is 4.70. The number of nitrogens with one attached hydrogen (secondary N) is 2. The first-order valence-corrected chi connectivity index (χ1v) is 6.97.